The fourth-order valence-electron chi connectivity index (χ4n) is 5.43. The summed E-state index contributed by atoms with van der Waals surface area (Å²) in [5, 5.41) is 34.2. The summed E-state index contributed by atoms with van der Waals surface area (Å²) in [5.74, 6) is -5.97. The molecule has 0 bridgehead atoms. The molecule has 14 N–H and O–H groups in total. The van der Waals surface area contributed by atoms with Crippen LogP contribution in [-0.2, 0) is 40.0 Å². The normalized spacial score (nSPS) is 15.2. The number of amides is 6. The quantitative estimate of drug-likeness (QED) is 0.0213. The molecule has 20 heteroatoms. The molecule has 19 nitrogen and oxygen atoms in total. The second kappa shape index (κ2) is 26.1. The van der Waals surface area contributed by atoms with Gasteiger partial charge in [-0.3, -0.25) is 33.8 Å². The van der Waals surface area contributed by atoms with Gasteiger partial charge in [-0.15, -0.1) is 0 Å². The van der Waals surface area contributed by atoms with Crippen molar-refractivity contribution in [1.82, 2.24) is 31.9 Å². The molecule has 0 aliphatic carbocycles. The highest BCUT2D eigenvalue weighted by atomic mass is 32.1. The lowest BCUT2D eigenvalue weighted by molar-refractivity contribution is -0.142. The second-order valence-corrected chi connectivity index (χ2v) is 14.9. The van der Waals surface area contributed by atoms with Gasteiger partial charge in [0.15, 0.2) is 5.96 Å². The number of nitrogens with one attached hydrogen (secondary N) is 6. The van der Waals surface area contributed by atoms with Crippen molar-refractivity contribution in [3.05, 3.63) is 35.9 Å². The maximum atomic E-state index is 13.5. The number of benzene rings is 1. The third kappa shape index (κ3) is 19.7. The van der Waals surface area contributed by atoms with Crippen molar-refractivity contribution in [3.63, 3.8) is 0 Å². The Bertz CT molecular complexity index is 1510. The van der Waals surface area contributed by atoms with Gasteiger partial charge in [-0.2, -0.15) is 12.6 Å². The zero-order valence-corrected chi connectivity index (χ0v) is 34.2. The van der Waals surface area contributed by atoms with Crippen LogP contribution in [0, 0.1) is 5.92 Å². The number of aliphatic carboxylic acids is 1. The van der Waals surface area contributed by atoms with Gasteiger partial charge < -0.3 is 59.3 Å². The fraction of sp³-hybridized carbons (Fsp3) is 0.622. The van der Waals surface area contributed by atoms with E-state index in [0.717, 1.165) is 5.56 Å². The SMILES string of the molecule is CC(C)C[C@H](NC(=O)[C@H](C)NC(=O)[C@H](CCCCN)NC(=O)[C@@H](NC(=O)[C@H](C)NC(=O)[C@H](CCCN=C(N)N)NC(=O)[C@@H](S)Cc1ccccc1)[C@@H](C)O)C(=O)O. The van der Waals surface area contributed by atoms with Crippen LogP contribution in [0.2, 0.25) is 0 Å². The van der Waals surface area contributed by atoms with Crippen molar-refractivity contribution in [2.24, 2.45) is 28.1 Å². The lowest BCUT2D eigenvalue weighted by Crippen LogP contribution is -2.61. The summed E-state index contributed by atoms with van der Waals surface area (Å²) in [5.41, 5.74) is 17.3. The van der Waals surface area contributed by atoms with Gasteiger partial charge in [-0.05, 0) is 83.7 Å². The Hall–Kier alpha value is -4.95. The molecule has 0 aliphatic rings. The molecule has 0 radical (unpaired) electrons. The number of unbranched alkanes of at least 4 members (excludes halogenated alkanes) is 1. The highest BCUT2D eigenvalue weighted by molar-refractivity contribution is 7.81. The molecule has 0 fully saturated rings. The lowest BCUT2D eigenvalue weighted by atomic mass is 10.0. The molecule has 1 aromatic carbocycles. The van der Waals surface area contributed by atoms with Crippen molar-refractivity contribution >= 4 is 60.0 Å². The molecular weight excluding hydrogens is 761 g/mol. The first-order valence-corrected chi connectivity index (χ1v) is 19.5. The van der Waals surface area contributed by atoms with Crippen LogP contribution in [0.3, 0.4) is 0 Å². The summed E-state index contributed by atoms with van der Waals surface area (Å²) < 4.78 is 0. The molecule has 6 amide bonds. The number of carboxylic acid groups (broad SMARTS) is 1. The summed E-state index contributed by atoms with van der Waals surface area (Å²) >= 11 is 4.41. The molecule has 0 aromatic heterocycles. The van der Waals surface area contributed by atoms with Crippen LogP contribution in [0.15, 0.2) is 35.3 Å². The number of carbonyl (C=O) groups excluding carboxylic acids is 6. The highest BCUT2D eigenvalue weighted by Gasteiger charge is 2.33. The molecule has 0 saturated carbocycles. The average molecular weight is 823 g/mol. The number of nitrogens with zero attached hydrogens (tertiary/aromatic N) is 1. The molecule has 57 heavy (non-hydrogen) atoms. The number of rotatable bonds is 26. The highest BCUT2D eigenvalue weighted by Crippen LogP contribution is 2.10. The number of hydrogen-bond donors (Lipinski definition) is 12. The minimum absolute atomic E-state index is 0.0333. The average Bonchev–Trinajstić information content (AvgIpc) is 3.13. The van der Waals surface area contributed by atoms with Gasteiger partial charge in [-0.1, -0.05) is 44.2 Å². The van der Waals surface area contributed by atoms with E-state index in [1.165, 1.54) is 20.8 Å². The number of aliphatic hydroxyl groups excluding tert-OH is 1. The predicted molar refractivity (Wildman–Crippen MR) is 217 cm³/mol. The first-order valence-electron chi connectivity index (χ1n) is 19.0. The molecule has 0 unspecified atom stereocenters. The zero-order valence-electron chi connectivity index (χ0n) is 33.3. The number of nitrogens with two attached hydrogens (primary N) is 3. The predicted octanol–water partition coefficient (Wildman–Crippen LogP) is -1.83. The van der Waals surface area contributed by atoms with E-state index in [0.29, 0.717) is 25.8 Å². The van der Waals surface area contributed by atoms with Gasteiger partial charge in [0.2, 0.25) is 35.4 Å². The molecule has 0 spiro atoms. The van der Waals surface area contributed by atoms with Gasteiger partial charge in [0.25, 0.3) is 0 Å². The van der Waals surface area contributed by atoms with E-state index >= 15 is 0 Å². The molecule has 0 heterocycles. The maximum absolute atomic E-state index is 13.5. The molecule has 8 atom stereocenters. The van der Waals surface area contributed by atoms with Crippen LogP contribution in [0.5, 0.6) is 0 Å². The molecular formula is C37H62N10O9S. The Morgan fingerprint density at radius 2 is 1.19 bits per heavy atom. The summed E-state index contributed by atoms with van der Waals surface area (Å²) in [6.45, 7) is 8.00. The Kier molecular flexibility index (Phi) is 22.9. The van der Waals surface area contributed by atoms with E-state index in [1.54, 1.807) is 13.8 Å². The molecule has 1 rings (SSSR count). The minimum atomic E-state index is -1.59. The van der Waals surface area contributed by atoms with E-state index < -0.39 is 89.0 Å². The van der Waals surface area contributed by atoms with E-state index in [1.807, 2.05) is 30.3 Å². The fourth-order valence-corrected chi connectivity index (χ4v) is 5.71. The Balaban J connectivity index is 3.05. The van der Waals surface area contributed by atoms with Crippen LogP contribution in [-0.4, -0.2) is 118 Å². The Morgan fingerprint density at radius 1 is 0.684 bits per heavy atom. The molecule has 320 valence electrons. The van der Waals surface area contributed by atoms with Gasteiger partial charge in [0, 0.05) is 6.54 Å². The van der Waals surface area contributed by atoms with Gasteiger partial charge in [0.05, 0.1) is 11.4 Å². The summed E-state index contributed by atoms with van der Waals surface area (Å²) in [6, 6.07) is 1.59. The number of aliphatic imine (C=N–C) groups is 1. The topological polar surface area (TPSA) is 323 Å². The first-order chi connectivity index (χ1) is 26.8. The van der Waals surface area contributed by atoms with Gasteiger partial charge >= 0.3 is 5.97 Å². The number of thiol groups is 1. The van der Waals surface area contributed by atoms with Gasteiger partial charge in [0.1, 0.15) is 36.3 Å². The van der Waals surface area contributed by atoms with Crippen molar-refractivity contribution < 1.29 is 43.8 Å². The summed E-state index contributed by atoms with van der Waals surface area (Å²) in [6.07, 6.45) is 0.339. The molecule has 0 saturated heterocycles. The number of carboxylic acids is 1. The smallest absolute Gasteiger partial charge is 0.326 e. The van der Waals surface area contributed by atoms with E-state index in [4.69, 9.17) is 17.2 Å². The maximum Gasteiger partial charge on any atom is 0.326 e. The van der Waals surface area contributed by atoms with Crippen LogP contribution in [0.25, 0.3) is 0 Å². The van der Waals surface area contributed by atoms with E-state index in [-0.39, 0.29) is 44.1 Å². The number of hydrogen-bond acceptors (Lipinski definition) is 11. The standard InChI is InChI=1S/C37H62N10O9S/c1-20(2)18-27(36(55)56)46-30(49)21(3)42-32(51)25(14-9-10-16-38)45-35(54)29(23(5)48)47-31(50)22(4)43-33(52)26(15-11-17-41-37(39)40)44-34(53)28(57)19-24-12-7-6-8-13-24/h6-8,12-13,20-23,25-29,48,57H,9-11,14-19,38H2,1-5H3,(H,42,51)(H,43,52)(H,44,53)(H,45,54)(H,46,49)(H,47,50)(H,55,56)(H4,39,40,41)/t21-,22-,23+,25-,26-,27-,28-,29-/m0/s1. The first kappa shape index (κ1) is 50.1. The van der Waals surface area contributed by atoms with E-state index in [9.17, 15) is 43.8 Å². The lowest BCUT2D eigenvalue weighted by Gasteiger charge is -2.27. The Labute approximate surface area is 339 Å². The van der Waals surface area contributed by atoms with Gasteiger partial charge in [-0.25, -0.2) is 4.79 Å². The van der Waals surface area contributed by atoms with Crippen LogP contribution in [0.1, 0.15) is 78.7 Å². The zero-order chi connectivity index (χ0) is 43.2. The third-order valence-corrected chi connectivity index (χ3v) is 9.04. The van der Waals surface area contributed by atoms with Crippen molar-refractivity contribution in [3.8, 4) is 0 Å². The summed E-state index contributed by atoms with van der Waals surface area (Å²) in [7, 11) is 0. The molecule has 1 aromatic rings. The summed E-state index contributed by atoms with van der Waals surface area (Å²) in [4.78, 5) is 94.9. The van der Waals surface area contributed by atoms with Crippen LogP contribution in [0.4, 0.5) is 0 Å². The monoisotopic (exact) mass is 822 g/mol. The molecule has 0 aliphatic heterocycles. The number of guanidine groups is 1. The minimum Gasteiger partial charge on any atom is -0.480 e. The number of aliphatic hydroxyl groups is 1. The number of carbonyl (C=O) groups is 7. The largest absolute Gasteiger partial charge is 0.480 e. The van der Waals surface area contributed by atoms with Crippen LogP contribution < -0.4 is 49.1 Å². The van der Waals surface area contributed by atoms with Crippen LogP contribution >= 0.6 is 12.6 Å². The van der Waals surface area contributed by atoms with Crippen molar-refractivity contribution in [1.29, 1.82) is 0 Å². The van der Waals surface area contributed by atoms with E-state index in [2.05, 4.69) is 49.5 Å². The van der Waals surface area contributed by atoms with Crippen molar-refractivity contribution in [2.75, 3.05) is 13.1 Å². The third-order valence-electron chi connectivity index (χ3n) is 8.62. The van der Waals surface area contributed by atoms with Crippen molar-refractivity contribution in [2.45, 2.75) is 127 Å². The second-order valence-electron chi connectivity index (χ2n) is 14.3. The Morgan fingerprint density at radius 3 is 1.68 bits per heavy atom.